The Morgan fingerprint density at radius 3 is 2.59 bits per heavy atom. The van der Waals surface area contributed by atoms with Gasteiger partial charge < -0.3 is 20.3 Å². The SMILES string of the molecule is O=C(CCOc1ccccc1-c1ccccc1)NCCCN1CCNCC1. The second-order valence-electron chi connectivity index (χ2n) is 6.76. The van der Waals surface area contributed by atoms with Crippen molar-refractivity contribution in [2.45, 2.75) is 12.8 Å². The van der Waals surface area contributed by atoms with Crippen LogP contribution in [0.2, 0.25) is 0 Å². The Labute approximate surface area is 161 Å². The zero-order valence-corrected chi connectivity index (χ0v) is 15.8. The Morgan fingerprint density at radius 2 is 1.78 bits per heavy atom. The minimum absolute atomic E-state index is 0.0486. The molecule has 0 saturated carbocycles. The van der Waals surface area contributed by atoms with E-state index in [1.807, 2.05) is 42.5 Å². The first-order valence-corrected chi connectivity index (χ1v) is 9.80. The molecule has 0 unspecified atom stereocenters. The van der Waals surface area contributed by atoms with Crippen LogP contribution in [0.1, 0.15) is 12.8 Å². The van der Waals surface area contributed by atoms with Crippen molar-refractivity contribution in [3.8, 4) is 16.9 Å². The van der Waals surface area contributed by atoms with Crippen LogP contribution in [0.25, 0.3) is 11.1 Å². The standard InChI is InChI=1S/C22H29N3O2/c26-22(24-12-6-15-25-16-13-23-14-17-25)11-18-27-21-10-5-4-9-20(21)19-7-2-1-3-8-19/h1-5,7-10,23H,6,11-18H2,(H,24,26). The lowest BCUT2D eigenvalue weighted by atomic mass is 10.1. The first-order chi connectivity index (χ1) is 13.3. The van der Waals surface area contributed by atoms with Crippen molar-refractivity contribution in [3.05, 3.63) is 54.6 Å². The second kappa shape index (κ2) is 10.7. The Kier molecular flexibility index (Phi) is 7.69. The molecule has 3 rings (SSSR count). The van der Waals surface area contributed by atoms with Crippen molar-refractivity contribution in [1.29, 1.82) is 0 Å². The molecule has 2 aromatic rings. The van der Waals surface area contributed by atoms with E-state index in [0.29, 0.717) is 13.0 Å². The molecule has 0 atom stereocenters. The average Bonchev–Trinajstić information content (AvgIpc) is 2.73. The summed E-state index contributed by atoms with van der Waals surface area (Å²) in [5, 5.41) is 6.34. The summed E-state index contributed by atoms with van der Waals surface area (Å²) in [7, 11) is 0. The van der Waals surface area contributed by atoms with Crippen LogP contribution < -0.4 is 15.4 Å². The number of amides is 1. The quantitative estimate of drug-likeness (QED) is 0.669. The van der Waals surface area contributed by atoms with Crippen molar-refractivity contribution in [2.24, 2.45) is 0 Å². The first kappa shape index (κ1) is 19.4. The molecule has 2 aromatic carbocycles. The number of piperazine rings is 1. The van der Waals surface area contributed by atoms with E-state index in [1.165, 1.54) is 0 Å². The fourth-order valence-electron chi connectivity index (χ4n) is 3.26. The van der Waals surface area contributed by atoms with Gasteiger partial charge in [0.25, 0.3) is 0 Å². The van der Waals surface area contributed by atoms with Crippen LogP contribution in [0.4, 0.5) is 0 Å². The molecule has 2 N–H and O–H groups in total. The fraction of sp³-hybridized carbons (Fsp3) is 0.409. The molecule has 144 valence electrons. The average molecular weight is 367 g/mol. The Hall–Kier alpha value is -2.37. The number of para-hydroxylation sites is 1. The van der Waals surface area contributed by atoms with E-state index in [1.54, 1.807) is 0 Å². The number of nitrogens with zero attached hydrogens (tertiary/aromatic N) is 1. The largest absolute Gasteiger partial charge is 0.492 e. The van der Waals surface area contributed by atoms with Gasteiger partial charge in [0.1, 0.15) is 5.75 Å². The van der Waals surface area contributed by atoms with Crippen LogP contribution in [0.15, 0.2) is 54.6 Å². The molecular formula is C22H29N3O2. The van der Waals surface area contributed by atoms with Crippen molar-refractivity contribution in [2.75, 3.05) is 45.9 Å². The number of carbonyl (C=O) groups excluding carboxylic acids is 1. The maximum atomic E-state index is 12.0. The monoisotopic (exact) mass is 367 g/mol. The molecule has 1 aliphatic rings. The molecule has 0 radical (unpaired) electrons. The van der Waals surface area contributed by atoms with Gasteiger partial charge in [0, 0.05) is 38.3 Å². The number of hydrogen-bond acceptors (Lipinski definition) is 4. The smallest absolute Gasteiger partial charge is 0.223 e. The molecule has 27 heavy (non-hydrogen) atoms. The molecular weight excluding hydrogens is 338 g/mol. The molecule has 5 heteroatoms. The van der Waals surface area contributed by atoms with Gasteiger partial charge in [-0.3, -0.25) is 4.79 Å². The van der Waals surface area contributed by atoms with Crippen LogP contribution >= 0.6 is 0 Å². The van der Waals surface area contributed by atoms with Crippen molar-refractivity contribution < 1.29 is 9.53 Å². The van der Waals surface area contributed by atoms with Crippen LogP contribution in [0.5, 0.6) is 5.75 Å². The zero-order valence-electron chi connectivity index (χ0n) is 15.8. The highest BCUT2D eigenvalue weighted by atomic mass is 16.5. The summed E-state index contributed by atoms with van der Waals surface area (Å²) in [6.45, 7) is 6.48. The molecule has 1 saturated heterocycles. The van der Waals surface area contributed by atoms with Crippen molar-refractivity contribution in [3.63, 3.8) is 0 Å². The van der Waals surface area contributed by atoms with E-state index in [9.17, 15) is 4.79 Å². The second-order valence-corrected chi connectivity index (χ2v) is 6.76. The van der Waals surface area contributed by atoms with Gasteiger partial charge in [-0.05, 0) is 24.6 Å². The number of hydrogen-bond donors (Lipinski definition) is 2. The molecule has 1 amide bonds. The first-order valence-electron chi connectivity index (χ1n) is 9.80. The maximum absolute atomic E-state index is 12.0. The third kappa shape index (κ3) is 6.38. The third-order valence-electron chi connectivity index (χ3n) is 4.74. The molecule has 1 heterocycles. The van der Waals surface area contributed by atoms with E-state index in [2.05, 4.69) is 27.7 Å². The van der Waals surface area contributed by atoms with Gasteiger partial charge in [-0.2, -0.15) is 0 Å². The Bertz CT molecular complexity index is 700. The van der Waals surface area contributed by atoms with E-state index >= 15 is 0 Å². The summed E-state index contributed by atoms with van der Waals surface area (Å²) in [6, 6.07) is 18.1. The molecule has 5 nitrogen and oxygen atoms in total. The summed E-state index contributed by atoms with van der Waals surface area (Å²) in [5.74, 6) is 0.864. The van der Waals surface area contributed by atoms with Crippen LogP contribution in [0, 0.1) is 0 Å². The minimum Gasteiger partial charge on any atom is -0.492 e. The maximum Gasteiger partial charge on any atom is 0.223 e. The lowest BCUT2D eigenvalue weighted by Gasteiger charge is -2.27. The number of rotatable bonds is 9. The number of ether oxygens (including phenoxy) is 1. The van der Waals surface area contributed by atoms with Gasteiger partial charge in [-0.1, -0.05) is 48.5 Å². The highest BCUT2D eigenvalue weighted by Gasteiger charge is 2.09. The van der Waals surface area contributed by atoms with E-state index < -0.39 is 0 Å². The molecule has 1 aliphatic heterocycles. The predicted molar refractivity (Wildman–Crippen MR) is 109 cm³/mol. The number of carbonyl (C=O) groups is 1. The highest BCUT2D eigenvalue weighted by molar-refractivity contribution is 5.76. The molecule has 0 aliphatic carbocycles. The van der Waals surface area contributed by atoms with Gasteiger partial charge >= 0.3 is 0 Å². The zero-order chi connectivity index (χ0) is 18.7. The summed E-state index contributed by atoms with van der Waals surface area (Å²) < 4.78 is 5.89. The number of nitrogens with one attached hydrogen (secondary N) is 2. The van der Waals surface area contributed by atoms with Gasteiger partial charge in [0.15, 0.2) is 0 Å². The normalized spacial score (nSPS) is 14.7. The summed E-state index contributed by atoms with van der Waals surface area (Å²) in [5.41, 5.74) is 2.17. The molecule has 0 spiro atoms. The highest BCUT2D eigenvalue weighted by Crippen LogP contribution is 2.29. The van der Waals surface area contributed by atoms with Crippen LogP contribution in [0.3, 0.4) is 0 Å². The van der Waals surface area contributed by atoms with E-state index in [0.717, 1.165) is 62.6 Å². The molecule has 1 fully saturated rings. The van der Waals surface area contributed by atoms with Gasteiger partial charge in [-0.15, -0.1) is 0 Å². The van der Waals surface area contributed by atoms with E-state index in [-0.39, 0.29) is 5.91 Å². The predicted octanol–water partition coefficient (Wildman–Crippen LogP) is 2.53. The lowest BCUT2D eigenvalue weighted by Crippen LogP contribution is -2.44. The third-order valence-corrected chi connectivity index (χ3v) is 4.74. The van der Waals surface area contributed by atoms with Crippen molar-refractivity contribution in [1.82, 2.24) is 15.5 Å². The van der Waals surface area contributed by atoms with Crippen molar-refractivity contribution >= 4 is 5.91 Å². The van der Waals surface area contributed by atoms with Crippen LogP contribution in [-0.2, 0) is 4.79 Å². The van der Waals surface area contributed by atoms with Gasteiger partial charge in [-0.25, -0.2) is 0 Å². The summed E-state index contributed by atoms with van der Waals surface area (Å²) in [6.07, 6.45) is 1.36. The fourth-order valence-corrected chi connectivity index (χ4v) is 3.26. The molecule has 0 bridgehead atoms. The van der Waals surface area contributed by atoms with Gasteiger partial charge in [0.2, 0.25) is 5.91 Å². The Balaban J connectivity index is 1.36. The molecule has 0 aromatic heterocycles. The van der Waals surface area contributed by atoms with E-state index in [4.69, 9.17) is 4.74 Å². The summed E-state index contributed by atoms with van der Waals surface area (Å²) in [4.78, 5) is 14.5. The minimum atomic E-state index is 0.0486. The van der Waals surface area contributed by atoms with Gasteiger partial charge in [0.05, 0.1) is 13.0 Å². The number of benzene rings is 2. The Morgan fingerprint density at radius 1 is 1.04 bits per heavy atom. The topological polar surface area (TPSA) is 53.6 Å². The van der Waals surface area contributed by atoms with Crippen LogP contribution in [-0.4, -0.2) is 56.7 Å². The summed E-state index contributed by atoms with van der Waals surface area (Å²) >= 11 is 0. The lowest BCUT2D eigenvalue weighted by molar-refractivity contribution is -0.121.